The summed E-state index contributed by atoms with van der Waals surface area (Å²) in [5.74, 6) is -2.30. The van der Waals surface area contributed by atoms with Crippen LogP contribution in [0.25, 0.3) is 0 Å². The van der Waals surface area contributed by atoms with E-state index in [-0.39, 0.29) is 6.54 Å². The number of carbonyl (C=O) groups excluding carboxylic acids is 3. The summed E-state index contributed by atoms with van der Waals surface area (Å²) in [5.41, 5.74) is 0. The number of urea groups is 1. The smallest absolute Gasteiger partial charge is 0.326 e. The molecule has 100 valence electrons. The molecule has 0 aliphatic carbocycles. The standard InChI is InChI=1S/C10H15N3O5/c1-2-3-6(9(16)17)12-7(14)5-13-8(15)4-11-10(13)18/h6H,2-5H2,1H3,(H,11,18)(H,12,14)(H,16,17)/t6-/m1/s1. The summed E-state index contributed by atoms with van der Waals surface area (Å²) in [6.07, 6.45) is 0.890. The maximum absolute atomic E-state index is 11.5. The van der Waals surface area contributed by atoms with Crippen molar-refractivity contribution in [2.24, 2.45) is 0 Å². The fraction of sp³-hybridized carbons (Fsp3) is 0.600. The molecule has 0 radical (unpaired) electrons. The number of hydrogen-bond acceptors (Lipinski definition) is 4. The number of rotatable bonds is 6. The Balaban J connectivity index is 2.52. The molecule has 0 aromatic heterocycles. The maximum Gasteiger partial charge on any atom is 0.326 e. The lowest BCUT2D eigenvalue weighted by atomic mass is 10.1. The number of imide groups is 1. The largest absolute Gasteiger partial charge is 0.480 e. The van der Waals surface area contributed by atoms with Crippen LogP contribution in [0.5, 0.6) is 0 Å². The van der Waals surface area contributed by atoms with Gasteiger partial charge >= 0.3 is 12.0 Å². The first-order chi connectivity index (χ1) is 8.45. The van der Waals surface area contributed by atoms with E-state index in [1.165, 1.54) is 0 Å². The molecule has 0 unspecified atom stereocenters. The van der Waals surface area contributed by atoms with Crippen molar-refractivity contribution in [3.05, 3.63) is 0 Å². The van der Waals surface area contributed by atoms with Crippen molar-refractivity contribution in [3.63, 3.8) is 0 Å². The zero-order chi connectivity index (χ0) is 13.7. The topological polar surface area (TPSA) is 116 Å². The van der Waals surface area contributed by atoms with Gasteiger partial charge in [0.05, 0.1) is 6.54 Å². The Labute approximate surface area is 103 Å². The third-order valence-electron chi connectivity index (χ3n) is 2.45. The summed E-state index contributed by atoms with van der Waals surface area (Å²) in [4.78, 5) is 45.5. The number of amides is 4. The molecule has 1 rings (SSSR count). The normalized spacial score (nSPS) is 16.4. The number of nitrogens with zero attached hydrogens (tertiary/aromatic N) is 1. The average Bonchev–Trinajstić information content (AvgIpc) is 2.60. The van der Waals surface area contributed by atoms with Gasteiger partial charge in [-0.3, -0.25) is 14.5 Å². The van der Waals surface area contributed by atoms with Crippen molar-refractivity contribution >= 4 is 23.8 Å². The number of hydrogen-bond donors (Lipinski definition) is 3. The van der Waals surface area contributed by atoms with Crippen molar-refractivity contribution in [1.82, 2.24) is 15.5 Å². The number of aliphatic carboxylic acids is 1. The lowest BCUT2D eigenvalue weighted by Gasteiger charge is -2.16. The van der Waals surface area contributed by atoms with E-state index in [1.54, 1.807) is 6.92 Å². The predicted molar refractivity (Wildman–Crippen MR) is 59.6 cm³/mol. The van der Waals surface area contributed by atoms with Gasteiger partial charge in [-0.2, -0.15) is 0 Å². The molecule has 0 aromatic carbocycles. The van der Waals surface area contributed by atoms with Gasteiger partial charge in [0.1, 0.15) is 12.6 Å². The van der Waals surface area contributed by atoms with E-state index in [0.29, 0.717) is 12.8 Å². The minimum absolute atomic E-state index is 0.135. The van der Waals surface area contributed by atoms with Crippen molar-refractivity contribution in [3.8, 4) is 0 Å². The highest BCUT2D eigenvalue weighted by Gasteiger charge is 2.31. The first-order valence-electron chi connectivity index (χ1n) is 5.56. The molecule has 1 heterocycles. The quantitative estimate of drug-likeness (QED) is 0.523. The van der Waals surface area contributed by atoms with Crippen LogP contribution >= 0.6 is 0 Å². The second-order valence-electron chi connectivity index (χ2n) is 3.89. The van der Waals surface area contributed by atoms with Crippen LogP contribution in [0.3, 0.4) is 0 Å². The summed E-state index contributed by atoms with van der Waals surface area (Å²) >= 11 is 0. The molecule has 0 bridgehead atoms. The summed E-state index contributed by atoms with van der Waals surface area (Å²) in [6.45, 7) is 1.20. The SMILES string of the molecule is CCC[C@@H](NC(=O)CN1C(=O)CNC1=O)C(=O)O. The predicted octanol–water partition coefficient (Wildman–Crippen LogP) is -1.09. The van der Waals surface area contributed by atoms with E-state index >= 15 is 0 Å². The summed E-state index contributed by atoms with van der Waals surface area (Å²) in [7, 11) is 0. The Morgan fingerprint density at radius 2 is 2.17 bits per heavy atom. The highest BCUT2D eigenvalue weighted by Crippen LogP contribution is 2.00. The molecule has 3 N–H and O–H groups in total. The third-order valence-corrected chi connectivity index (χ3v) is 2.45. The molecule has 8 nitrogen and oxygen atoms in total. The van der Waals surface area contributed by atoms with Crippen LogP contribution in [0, 0.1) is 0 Å². The van der Waals surface area contributed by atoms with Gasteiger partial charge in [-0.15, -0.1) is 0 Å². The second kappa shape index (κ2) is 5.99. The Morgan fingerprint density at radius 1 is 1.50 bits per heavy atom. The average molecular weight is 257 g/mol. The van der Waals surface area contributed by atoms with Gasteiger partial charge < -0.3 is 15.7 Å². The molecule has 1 fully saturated rings. The first-order valence-corrected chi connectivity index (χ1v) is 5.56. The molecule has 0 spiro atoms. The van der Waals surface area contributed by atoms with Gasteiger partial charge in [-0.25, -0.2) is 9.59 Å². The van der Waals surface area contributed by atoms with Gasteiger partial charge in [-0.1, -0.05) is 13.3 Å². The Bertz CT molecular complexity index is 366. The monoisotopic (exact) mass is 257 g/mol. The summed E-state index contributed by atoms with van der Waals surface area (Å²) in [6, 6.07) is -1.64. The zero-order valence-electron chi connectivity index (χ0n) is 9.93. The molecule has 4 amide bonds. The minimum atomic E-state index is -1.14. The van der Waals surface area contributed by atoms with Gasteiger partial charge in [0.25, 0.3) is 5.91 Å². The molecule has 1 atom stereocenters. The molecule has 18 heavy (non-hydrogen) atoms. The number of nitrogens with one attached hydrogen (secondary N) is 2. The van der Waals surface area contributed by atoms with Crippen molar-refractivity contribution < 1.29 is 24.3 Å². The van der Waals surface area contributed by atoms with Crippen LogP contribution in [0.2, 0.25) is 0 Å². The van der Waals surface area contributed by atoms with Crippen LogP contribution in [-0.2, 0) is 14.4 Å². The number of carboxylic acids is 1. The highest BCUT2D eigenvalue weighted by atomic mass is 16.4. The third kappa shape index (κ3) is 3.44. The molecule has 0 aromatic rings. The highest BCUT2D eigenvalue weighted by molar-refractivity contribution is 6.04. The Morgan fingerprint density at radius 3 is 2.61 bits per heavy atom. The molecule has 1 aliphatic rings. The Kier molecular flexibility index (Phi) is 4.64. The van der Waals surface area contributed by atoms with Crippen LogP contribution in [-0.4, -0.2) is 53.0 Å². The van der Waals surface area contributed by atoms with Gasteiger partial charge in [0, 0.05) is 0 Å². The van der Waals surface area contributed by atoms with Crippen molar-refractivity contribution in [1.29, 1.82) is 0 Å². The van der Waals surface area contributed by atoms with Gasteiger partial charge in [0.15, 0.2) is 0 Å². The van der Waals surface area contributed by atoms with Crippen molar-refractivity contribution in [2.75, 3.05) is 13.1 Å². The zero-order valence-corrected chi connectivity index (χ0v) is 9.93. The summed E-state index contributed by atoms with van der Waals surface area (Å²) < 4.78 is 0. The second-order valence-corrected chi connectivity index (χ2v) is 3.89. The summed E-state index contributed by atoms with van der Waals surface area (Å²) in [5, 5.41) is 13.4. The van der Waals surface area contributed by atoms with E-state index in [2.05, 4.69) is 10.6 Å². The van der Waals surface area contributed by atoms with Crippen molar-refractivity contribution in [2.45, 2.75) is 25.8 Å². The van der Waals surface area contributed by atoms with Crippen LogP contribution in [0.1, 0.15) is 19.8 Å². The molecule has 0 saturated carbocycles. The fourth-order valence-corrected chi connectivity index (χ4v) is 1.54. The van der Waals surface area contributed by atoms with Crippen LogP contribution in [0.4, 0.5) is 4.79 Å². The maximum atomic E-state index is 11.5. The molecular weight excluding hydrogens is 242 g/mol. The van der Waals surface area contributed by atoms with E-state index < -0.39 is 36.4 Å². The van der Waals surface area contributed by atoms with Gasteiger partial charge in [0.2, 0.25) is 5.91 Å². The van der Waals surface area contributed by atoms with Gasteiger partial charge in [-0.05, 0) is 6.42 Å². The number of carbonyl (C=O) groups is 4. The van der Waals surface area contributed by atoms with E-state index in [4.69, 9.17) is 5.11 Å². The van der Waals surface area contributed by atoms with E-state index in [1.807, 2.05) is 0 Å². The van der Waals surface area contributed by atoms with Crippen LogP contribution in [0.15, 0.2) is 0 Å². The lowest BCUT2D eigenvalue weighted by Crippen LogP contribution is -2.47. The molecular formula is C10H15N3O5. The fourth-order valence-electron chi connectivity index (χ4n) is 1.54. The number of carboxylic acid groups (broad SMARTS) is 1. The van der Waals surface area contributed by atoms with E-state index in [9.17, 15) is 19.2 Å². The molecule has 1 saturated heterocycles. The first kappa shape index (κ1) is 13.9. The van der Waals surface area contributed by atoms with E-state index in [0.717, 1.165) is 4.90 Å². The molecule has 8 heteroatoms. The van der Waals surface area contributed by atoms with Crippen LogP contribution < -0.4 is 10.6 Å². The molecule has 1 aliphatic heterocycles. The lowest BCUT2D eigenvalue weighted by molar-refractivity contribution is -0.142. The minimum Gasteiger partial charge on any atom is -0.480 e. The Hall–Kier alpha value is -2.12.